The lowest BCUT2D eigenvalue weighted by Crippen LogP contribution is -2.71. The van der Waals surface area contributed by atoms with E-state index >= 15 is 0 Å². The summed E-state index contributed by atoms with van der Waals surface area (Å²) >= 11 is 6.57. The van der Waals surface area contributed by atoms with Gasteiger partial charge >= 0.3 is 0 Å². The number of nitrogens with two attached hydrogens (primary N) is 1. The zero-order valence-corrected chi connectivity index (χ0v) is 18.8. The van der Waals surface area contributed by atoms with Crippen molar-refractivity contribution in [3.05, 3.63) is 22.3 Å². The molecule has 166 valence electrons. The fourth-order valence-electron chi connectivity index (χ4n) is 3.51. The first-order valence-electron chi connectivity index (χ1n) is 9.13. The van der Waals surface area contributed by atoms with Crippen molar-refractivity contribution in [2.45, 2.75) is 23.9 Å². The lowest BCUT2D eigenvalue weighted by Gasteiger charge is -2.50. The third-order valence-corrected chi connectivity index (χ3v) is 7.09. The minimum absolute atomic E-state index is 0.0948. The zero-order valence-electron chi connectivity index (χ0n) is 16.3. The van der Waals surface area contributed by atoms with Crippen LogP contribution >= 0.6 is 35.7 Å². The summed E-state index contributed by atoms with van der Waals surface area (Å²) in [5.41, 5.74) is 6.80. The number of carbonyl (C=O) groups excluding carboxylic acids is 3. The normalized spacial score (nSPS) is 25.9. The second kappa shape index (κ2) is 9.16. The van der Waals surface area contributed by atoms with Gasteiger partial charge in [-0.1, -0.05) is 17.8 Å². The highest BCUT2D eigenvalue weighted by Crippen LogP contribution is 2.42. The summed E-state index contributed by atoms with van der Waals surface area (Å²) < 4.78 is 10.7. The minimum Gasteiger partial charge on any atom is -0.398 e. The highest BCUT2D eigenvalue weighted by atomic mass is 32.2. The molecule has 3 aliphatic heterocycles. The fourth-order valence-corrected chi connectivity index (χ4v) is 5.68. The first-order valence-corrected chi connectivity index (χ1v) is 11.5. The zero-order chi connectivity index (χ0) is 22.1. The monoisotopic (exact) mass is 485 g/mol. The molecule has 3 N–H and O–H groups in total. The number of hydrogen-bond acceptors (Lipinski definition) is 11. The van der Waals surface area contributed by atoms with E-state index < -0.39 is 28.3 Å². The first-order chi connectivity index (χ1) is 14.9. The number of carbonyl (C=O) groups is 3. The number of nitrogens with one attached hydrogen (secondary N) is 1. The van der Waals surface area contributed by atoms with Crippen molar-refractivity contribution in [3.63, 3.8) is 0 Å². The SMILES string of the molecule is CO/N=C(\C(=O)NC1C(=O)N2C(C(=O)S)=C(CC3COCO3)CS[C@H]12)c1csc(N)n1. The maximum absolute atomic E-state index is 12.9. The van der Waals surface area contributed by atoms with Gasteiger partial charge in [-0.05, 0) is 5.57 Å². The molecule has 0 radical (unpaired) electrons. The van der Waals surface area contributed by atoms with E-state index in [1.165, 1.54) is 23.8 Å². The van der Waals surface area contributed by atoms with Crippen LogP contribution in [0.3, 0.4) is 0 Å². The summed E-state index contributed by atoms with van der Waals surface area (Å²) in [5.74, 6) is -0.529. The number of β-lactam (4-membered cyclic amide) rings is 1. The van der Waals surface area contributed by atoms with E-state index in [-0.39, 0.29) is 35.1 Å². The number of thiazole rings is 1. The molecule has 0 aromatic carbocycles. The van der Waals surface area contributed by atoms with E-state index in [4.69, 9.17) is 20.0 Å². The highest BCUT2D eigenvalue weighted by molar-refractivity contribution is 8.00. The van der Waals surface area contributed by atoms with Crippen LogP contribution in [-0.2, 0) is 28.7 Å². The summed E-state index contributed by atoms with van der Waals surface area (Å²) in [6.07, 6.45) is 0.304. The summed E-state index contributed by atoms with van der Waals surface area (Å²) in [6, 6.07) is -0.828. The predicted octanol–water partition coefficient (Wildman–Crippen LogP) is -0.0508. The molecule has 3 atom stereocenters. The molecule has 0 aliphatic carbocycles. The van der Waals surface area contributed by atoms with Crippen molar-refractivity contribution in [2.24, 2.45) is 5.16 Å². The average molecular weight is 486 g/mol. The molecule has 14 heteroatoms. The van der Waals surface area contributed by atoms with Gasteiger partial charge in [-0.15, -0.1) is 23.1 Å². The van der Waals surface area contributed by atoms with Gasteiger partial charge < -0.3 is 25.4 Å². The molecule has 2 fully saturated rings. The second-order valence-corrected chi connectivity index (χ2v) is 9.19. The number of nitrogen functional groups attached to an aromatic ring is 1. The van der Waals surface area contributed by atoms with Gasteiger partial charge in [-0.3, -0.25) is 19.3 Å². The number of hydrogen-bond donors (Lipinski definition) is 3. The number of thiol groups is 1. The molecule has 0 spiro atoms. The topological polar surface area (TPSA) is 145 Å². The van der Waals surface area contributed by atoms with Crippen LogP contribution in [0.15, 0.2) is 21.8 Å². The molecular weight excluding hydrogens is 466 g/mol. The number of ether oxygens (including phenoxy) is 2. The summed E-state index contributed by atoms with van der Waals surface area (Å²) in [5, 5.41) is 7.29. The second-order valence-electron chi connectivity index (χ2n) is 6.79. The van der Waals surface area contributed by atoms with E-state index in [0.29, 0.717) is 18.8 Å². The molecule has 1 aromatic heterocycles. The summed E-state index contributed by atoms with van der Waals surface area (Å²) in [6.45, 7) is 0.644. The maximum Gasteiger partial charge on any atom is 0.276 e. The Kier molecular flexibility index (Phi) is 6.52. The average Bonchev–Trinajstić information content (AvgIpc) is 3.41. The largest absolute Gasteiger partial charge is 0.398 e. The highest BCUT2D eigenvalue weighted by Gasteiger charge is 2.54. The van der Waals surface area contributed by atoms with Gasteiger partial charge in [0.05, 0.1) is 18.4 Å². The van der Waals surface area contributed by atoms with Crippen LogP contribution < -0.4 is 11.1 Å². The summed E-state index contributed by atoms with van der Waals surface area (Å²) in [4.78, 5) is 48.0. The summed E-state index contributed by atoms with van der Waals surface area (Å²) in [7, 11) is 1.30. The quantitative estimate of drug-likeness (QED) is 0.209. The Balaban J connectivity index is 1.50. The van der Waals surface area contributed by atoms with E-state index in [0.717, 1.165) is 16.9 Å². The Hall–Kier alpha value is -2.13. The number of aromatic nitrogens is 1. The van der Waals surface area contributed by atoms with E-state index in [9.17, 15) is 14.4 Å². The van der Waals surface area contributed by atoms with Crippen molar-refractivity contribution in [1.29, 1.82) is 0 Å². The number of anilines is 1. The van der Waals surface area contributed by atoms with Crippen LogP contribution in [0.5, 0.6) is 0 Å². The Morgan fingerprint density at radius 1 is 1.52 bits per heavy atom. The van der Waals surface area contributed by atoms with Gasteiger partial charge in [-0.2, -0.15) is 0 Å². The Bertz CT molecular complexity index is 973. The fraction of sp³-hybridized carbons (Fsp3) is 0.471. The van der Waals surface area contributed by atoms with Gasteiger partial charge in [0, 0.05) is 17.6 Å². The van der Waals surface area contributed by atoms with E-state index in [2.05, 4.69) is 28.1 Å². The van der Waals surface area contributed by atoms with Crippen LogP contribution in [0.2, 0.25) is 0 Å². The van der Waals surface area contributed by atoms with Crippen LogP contribution in [0.1, 0.15) is 12.1 Å². The number of rotatable bonds is 7. The Morgan fingerprint density at radius 3 is 2.94 bits per heavy atom. The first kappa shape index (κ1) is 22.1. The lowest BCUT2D eigenvalue weighted by atomic mass is 10.0. The van der Waals surface area contributed by atoms with Gasteiger partial charge in [0.25, 0.3) is 11.8 Å². The van der Waals surface area contributed by atoms with Gasteiger partial charge in [0.2, 0.25) is 5.12 Å². The molecule has 11 nitrogen and oxygen atoms in total. The number of oxime groups is 1. The molecule has 4 rings (SSSR count). The molecule has 31 heavy (non-hydrogen) atoms. The van der Waals surface area contributed by atoms with Gasteiger partial charge in [-0.25, -0.2) is 4.98 Å². The smallest absolute Gasteiger partial charge is 0.276 e. The number of amides is 2. The molecular formula is C17H19N5O6S3. The van der Waals surface area contributed by atoms with Crippen molar-refractivity contribution >= 4 is 63.5 Å². The number of fused-ring (bicyclic) bond motifs is 1. The molecule has 4 heterocycles. The lowest BCUT2D eigenvalue weighted by molar-refractivity contribution is -0.146. The Labute approximate surface area is 190 Å². The van der Waals surface area contributed by atoms with Crippen molar-refractivity contribution in [3.8, 4) is 0 Å². The van der Waals surface area contributed by atoms with Crippen molar-refractivity contribution < 1.29 is 28.7 Å². The predicted molar refractivity (Wildman–Crippen MR) is 116 cm³/mol. The third-order valence-electron chi connectivity index (χ3n) is 4.86. The molecule has 2 amide bonds. The third kappa shape index (κ3) is 4.30. The van der Waals surface area contributed by atoms with Crippen LogP contribution in [0, 0.1) is 0 Å². The molecule has 2 saturated heterocycles. The van der Waals surface area contributed by atoms with Crippen LogP contribution in [0.4, 0.5) is 5.13 Å². The van der Waals surface area contributed by atoms with E-state index in [1.54, 1.807) is 5.38 Å². The van der Waals surface area contributed by atoms with Crippen molar-refractivity contribution in [2.75, 3.05) is 32.0 Å². The maximum atomic E-state index is 12.9. The molecule has 3 aliphatic rings. The molecule has 2 unspecified atom stereocenters. The Morgan fingerprint density at radius 2 is 2.32 bits per heavy atom. The number of nitrogens with zero attached hydrogens (tertiary/aromatic N) is 3. The van der Waals surface area contributed by atoms with Crippen LogP contribution in [-0.4, -0.2) is 76.3 Å². The van der Waals surface area contributed by atoms with E-state index in [1.807, 2.05) is 0 Å². The molecule has 1 aromatic rings. The molecule has 0 bridgehead atoms. The van der Waals surface area contributed by atoms with Gasteiger partial charge in [0.15, 0.2) is 10.8 Å². The standard InChI is InChI=1S/C17H19N5O6S3/c1-26-21-10(9-5-31-17(18)19-9)13(23)20-11-14(24)22-12(16(25)29)7(4-30-15(11)22)2-8-3-27-6-28-8/h5,8,11,15H,2-4,6H2,1H3,(H2,18,19)(H,20,23)(H,25,29)/b21-10-/t8?,11?,15-/m1/s1. The molecule has 0 saturated carbocycles. The van der Waals surface area contributed by atoms with Gasteiger partial charge in [0.1, 0.15) is 31.0 Å². The van der Waals surface area contributed by atoms with Crippen LogP contribution in [0.25, 0.3) is 0 Å². The van der Waals surface area contributed by atoms with Crippen molar-refractivity contribution in [1.82, 2.24) is 15.2 Å². The minimum atomic E-state index is -0.828. The number of thioether (sulfide) groups is 1.